The summed E-state index contributed by atoms with van der Waals surface area (Å²) in [6, 6.07) is 7.26. The predicted molar refractivity (Wildman–Crippen MR) is 60.2 cm³/mol. The molecule has 1 aromatic rings. The van der Waals surface area contributed by atoms with Crippen LogP contribution in [-0.4, -0.2) is 16.8 Å². The van der Waals surface area contributed by atoms with Crippen molar-refractivity contribution >= 4 is 17.8 Å². The van der Waals surface area contributed by atoms with Crippen LogP contribution in [0.3, 0.4) is 0 Å². The van der Waals surface area contributed by atoms with E-state index in [1.165, 1.54) is 6.08 Å². The fourth-order valence-corrected chi connectivity index (χ4v) is 1.17. The van der Waals surface area contributed by atoms with Gasteiger partial charge in [-0.15, -0.1) is 0 Å². The van der Waals surface area contributed by atoms with Crippen LogP contribution in [0.15, 0.2) is 30.3 Å². The van der Waals surface area contributed by atoms with E-state index in [1.54, 1.807) is 12.1 Å². The molecule has 3 heteroatoms. The smallest absolute Gasteiger partial charge is 0.328 e. The van der Waals surface area contributed by atoms with E-state index in [-0.39, 0.29) is 0 Å². The third-order valence-electron chi connectivity index (χ3n) is 2.03. The first-order chi connectivity index (χ1) is 7.13. The van der Waals surface area contributed by atoms with Crippen molar-refractivity contribution in [3.63, 3.8) is 0 Å². The quantitative estimate of drug-likeness (QED) is 0.583. The Morgan fingerprint density at radius 3 is 2.47 bits per heavy atom. The summed E-state index contributed by atoms with van der Waals surface area (Å²) in [6.07, 6.45) is 3.33. The molecule has 0 aliphatic heterocycles. The Labute approximate surface area is 88.6 Å². The average molecular weight is 203 g/mol. The van der Waals surface area contributed by atoms with Gasteiger partial charge >= 0.3 is 5.97 Å². The number of nitrogens with one attached hydrogen (secondary N) is 1. The van der Waals surface area contributed by atoms with Crippen molar-refractivity contribution in [3.8, 4) is 0 Å². The van der Waals surface area contributed by atoms with Crippen molar-refractivity contribution < 1.29 is 9.90 Å². The number of aliphatic carboxylic acids is 1. The highest BCUT2D eigenvalue weighted by Gasteiger charge is 1.97. The summed E-state index contributed by atoms with van der Waals surface area (Å²) in [5.74, 6) is -0.958. The van der Waals surface area contributed by atoms with Gasteiger partial charge in [0.05, 0.1) is 0 Å². The van der Waals surface area contributed by atoms with Crippen LogP contribution in [0.25, 0.3) is 6.08 Å². The lowest BCUT2D eigenvalue weighted by Gasteiger charge is -2.00. The van der Waals surface area contributed by atoms with Gasteiger partial charge in [0.25, 0.3) is 0 Å². The van der Waals surface area contributed by atoms with Crippen molar-refractivity contribution in [2.75, 3.05) is 0 Å². The SMILES string of the molecule is CCC(=N)c1ccc(/C=C/C(=O)O)cc1. The molecular weight excluding hydrogens is 190 g/mol. The molecule has 0 bridgehead atoms. The molecule has 0 aliphatic carbocycles. The molecule has 0 amide bonds. The van der Waals surface area contributed by atoms with E-state index in [2.05, 4.69) is 0 Å². The monoisotopic (exact) mass is 203 g/mol. The fourth-order valence-electron chi connectivity index (χ4n) is 1.17. The molecule has 78 valence electrons. The second-order valence-electron chi connectivity index (χ2n) is 3.13. The summed E-state index contributed by atoms with van der Waals surface area (Å²) in [4.78, 5) is 10.3. The number of hydrogen-bond donors (Lipinski definition) is 2. The number of hydrogen-bond acceptors (Lipinski definition) is 2. The first-order valence-corrected chi connectivity index (χ1v) is 4.72. The molecule has 0 heterocycles. The molecule has 3 nitrogen and oxygen atoms in total. The van der Waals surface area contributed by atoms with E-state index in [9.17, 15) is 4.79 Å². The first kappa shape index (κ1) is 11.2. The Kier molecular flexibility index (Phi) is 3.80. The summed E-state index contributed by atoms with van der Waals surface area (Å²) in [6.45, 7) is 1.93. The summed E-state index contributed by atoms with van der Waals surface area (Å²) in [5.41, 5.74) is 2.29. The highest BCUT2D eigenvalue weighted by atomic mass is 16.4. The summed E-state index contributed by atoms with van der Waals surface area (Å²) in [5, 5.41) is 16.0. The molecule has 2 N–H and O–H groups in total. The van der Waals surface area contributed by atoms with Crippen LogP contribution in [-0.2, 0) is 4.79 Å². The molecule has 15 heavy (non-hydrogen) atoms. The van der Waals surface area contributed by atoms with Crippen LogP contribution < -0.4 is 0 Å². The number of carboxylic acid groups (broad SMARTS) is 1. The Morgan fingerprint density at radius 2 is 2.00 bits per heavy atom. The third-order valence-corrected chi connectivity index (χ3v) is 2.03. The standard InChI is InChI=1S/C12H13NO2/c1-2-11(13)10-6-3-9(4-7-10)5-8-12(14)15/h3-8,13H,2H2,1H3,(H,14,15)/b8-5+,13-11?. The number of carboxylic acids is 1. The van der Waals surface area contributed by atoms with Crippen molar-refractivity contribution in [2.24, 2.45) is 0 Å². The van der Waals surface area contributed by atoms with Crippen molar-refractivity contribution in [2.45, 2.75) is 13.3 Å². The molecule has 1 rings (SSSR count). The largest absolute Gasteiger partial charge is 0.478 e. The maximum atomic E-state index is 10.3. The Morgan fingerprint density at radius 1 is 1.40 bits per heavy atom. The van der Waals surface area contributed by atoms with Gasteiger partial charge in [-0.3, -0.25) is 0 Å². The van der Waals surface area contributed by atoms with Crippen LogP contribution in [0.5, 0.6) is 0 Å². The molecule has 0 saturated carbocycles. The highest BCUT2D eigenvalue weighted by molar-refractivity contribution is 5.98. The molecule has 0 aliphatic rings. The minimum atomic E-state index is -0.958. The Hall–Kier alpha value is -1.90. The topological polar surface area (TPSA) is 61.2 Å². The second-order valence-corrected chi connectivity index (χ2v) is 3.13. The van der Waals surface area contributed by atoms with Crippen LogP contribution in [0.1, 0.15) is 24.5 Å². The Balaban J connectivity index is 2.81. The molecule has 0 saturated heterocycles. The minimum Gasteiger partial charge on any atom is -0.478 e. The molecule has 0 aromatic heterocycles. The van der Waals surface area contributed by atoms with Gasteiger partial charge in [-0.2, -0.15) is 0 Å². The molecular formula is C12H13NO2. The van der Waals surface area contributed by atoms with Gasteiger partial charge in [-0.05, 0) is 23.6 Å². The van der Waals surface area contributed by atoms with Crippen LogP contribution in [0.2, 0.25) is 0 Å². The lowest BCUT2D eigenvalue weighted by Crippen LogP contribution is -1.95. The van der Waals surface area contributed by atoms with E-state index >= 15 is 0 Å². The average Bonchev–Trinajstić information content (AvgIpc) is 2.26. The van der Waals surface area contributed by atoms with Gasteiger partial charge < -0.3 is 10.5 Å². The minimum absolute atomic E-state index is 0.587. The normalized spacial score (nSPS) is 10.5. The van der Waals surface area contributed by atoms with E-state index in [4.69, 9.17) is 10.5 Å². The molecule has 1 aromatic carbocycles. The van der Waals surface area contributed by atoms with Crippen LogP contribution in [0.4, 0.5) is 0 Å². The van der Waals surface area contributed by atoms with Crippen LogP contribution >= 0.6 is 0 Å². The number of benzene rings is 1. The van der Waals surface area contributed by atoms with Crippen LogP contribution in [0, 0.1) is 5.41 Å². The third kappa shape index (κ3) is 3.38. The summed E-state index contributed by atoms with van der Waals surface area (Å²) < 4.78 is 0. The van der Waals surface area contributed by atoms with Crippen molar-refractivity contribution in [1.29, 1.82) is 5.41 Å². The predicted octanol–water partition coefficient (Wildman–Crippen LogP) is 2.56. The summed E-state index contributed by atoms with van der Waals surface area (Å²) in [7, 11) is 0. The van der Waals surface area contributed by atoms with E-state index in [0.717, 1.165) is 17.2 Å². The summed E-state index contributed by atoms with van der Waals surface area (Å²) >= 11 is 0. The van der Waals surface area contributed by atoms with Gasteiger partial charge in [-0.1, -0.05) is 31.2 Å². The van der Waals surface area contributed by atoms with Gasteiger partial charge in [0.1, 0.15) is 0 Å². The highest BCUT2D eigenvalue weighted by Crippen LogP contribution is 2.08. The van der Waals surface area contributed by atoms with E-state index < -0.39 is 5.97 Å². The molecule has 0 spiro atoms. The lowest BCUT2D eigenvalue weighted by molar-refractivity contribution is -0.131. The maximum Gasteiger partial charge on any atom is 0.328 e. The Bertz CT molecular complexity index is 391. The second kappa shape index (κ2) is 5.10. The maximum absolute atomic E-state index is 10.3. The van der Waals surface area contributed by atoms with E-state index in [0.29, 0.717) is 12.1 Å². The zero-order valence-corrected chi connectivity index (χ0v) is 8.53. The molecule has 0 unspecified atom stereocenters. The molecule has 0 radical (unpaired) electrons. The molecule has 0 atom stereocenters. The van der Waals surface area contributed by atoms with Crippen molar-refractivity contribution in [1.82, 2.24) is 0 Å². The zero-order valence-electron chi connectivity index (χ0n) is 8.53. The van der Waals surface area contributed by atoms with Gasteiger partial charge in [0.15, 0.2) is 0 Å². The van der Waals surface area contributed by atoms with Gasteiger partial charge in [-0.25, -0.2) is 4.79 Å². The number of rotatable bonds is 4. The van der Waals surface area contributed by atoms with Gasteiger partial charge in [0.2, 0.25) is 0 Å². The number of carbonyl (C=O) groups is 1. The fraction of sp³-hybridized carbons (Fsp3) is 0.167. The van der Waals surface area contributed by atoms with Crippen molar-refractivity contribution in [3.05, 3.63) is 41.5 Å². The van der Waals surface area contributed by atoms with Gasteiger partial charge in [0, 0.05) is 11.8 Å². The van der Waals surface area contributed by atoms with E-state index in [1.807, 2.05) is 19.1 Å². The first-order valence-electron chi connectivity index (χ1n) is 4.72. The zero-order chi connectivity index (χ0) is 11.3. The lowest BCUT2D eigenvalue weighted by atomic mass is 10.1. The molecule has 0 fully saturated rings.